The molecule has 12 heteroatoms. The molecule has 1 saturated heterocycles. The van der Waals surface area contributed by atoms with Crippen LogP contribution >= 0.6 is 22.9 Å². The zero-order valence-corrected chi connectivity index (χ0v) is 19.4. The molecule has 172 valence electrons. The lowest BCUT2D eigenvalue weighted by molar-refractivity contribution is -0.146. The number of piperidine rings is 1. The van der Waals surface area contributed by atoms with Gasteiger partial charge in [-0.05, 0) is 42.5 Å². The first-order valence-electron chi connectivity index (χ1n) is 9.84. The van der Waals surface area contributed by atoms with E-state index in [0.717, 1.165) is 19.3 Å². The smallest absolute Gasteiger partial charge is 0.325 e. The van der Waals surface area contributed by atoms with Gasteiger partial charge in [0.2, 0.25) is 10.0 Å². The van der Waals surface area contributed by atoms with Gasteiger partial charge in [-0.2, -0.15) is 4.31 Å². The molecule has 0 spiro atoms. The molecule has 1 aliphatic rings. The minimum absolute atomic E-state index is 0.0207. The maximum Gasteiger partial charge on any atom is 0.325 e. The highest BCUT2D eigenvalue weighted by atomic mass is 35.5. The van der Waals surface area contributed by atoms with Gasteiger partial charge in [-0.3, -0.25) is 14.4 Å². The summed E-state index contributed by atoms with van der Waals surface area (Å²) >= 11 is 7.32. The van der Waals surface area contributed by atoms with Crippen molar-refractivity contribution in [2.24, 2.45) is 0 Å². The van der Waals surface area contributed by atoms with Gasteiger partial charge in [-0.25, -0.2) is 8.42 Å². The molecule has 2 N–H and O–H groups in total. The second-order valence-electron chi connectivity index (χ2n) is 6.98. The Bertz CT molecular complexity index is 1080. The van der Waals surface area contributed by atoms with Crippen LogP contribution in [-0.4, -0.2) is 56.7 Å². The third-order valence-electron chi connectivity index (χ3n) is 4.67. The molecule has 0 atom stereocenters. The number of nitrogens with zero attached hydrogens (tertiary/aromatic N) is 1. The summed E-state index contributed by atoms with van der Waals surface area (Å²) in [6.45, 7) is -0.112. The van der Waals surface area contributed by atoms with Gasteiger partial charge < -0.3 is 15.4 Å². The van der Waals surface area contributed by atoms with Crippen LogP contribution in [0.4, 0.5) is 5.69 Å². The fourth-order valence-electron chi connectivity index (χ4n) is 3.05. The summed E-state index contributed by atoms with van der Waals surface area (Å²) in [6.07, 6.45) is 2.59. The highest BCUT2D eigenvalue weighted by Gasteiger charge is 2.26. The molecule has 0 unspecified atom stereocenters. The molecule has 32 heavy (non-hydrogen) atoms. The van der Waals surface area contributed by atoms with Crippen LogP contribution in [0, 0.1) is 0 Å². The number of halogens is 1. The number of rotatable bonds is 8. The zero-order chi connectivity index (χ0) is 23.1. The van der Waals surface area contributed by atoms with E-state index in [9.17, 15) is 22.8 Å². The third kappa shape index (κ3) is 6.28. The van der Waals surface area contributed by atoms with E-state index in [2.05, 4.69) is 10.6 Å². The molecule has 9 nitrogen and oxygen atoms in total. The molecule has 0 aliphatic carbocycles. The molecule has 0 saturated carbocycles. The first-order chi connectivity index (χ1) is 15.3. The molecule has 0 bridgehead atoms. The Kier molecular flexibility index (Phi) is 8.24. The van der Waals surface area contributed by atoms with Gasteiger partial charge in [-0.1, -0.05) is 24.1 Å². The first kappa shape index (κ1) is 24.2. The van der Waals surface area contributed by atoms with Crippen LogP contribution in [0.3, 0.4) is 0 Å². The van der Waals surface area contributed by atoms with Crippen molar-refractivity contribution in [3.63, 3.8) is 0 Å². The number of carbonyl (C=O) groups is 3. The molecule has 2 heterocycles. The Labute approximate surface area is 194 Å². The Morgan fingerprint density at radius 1 is 1.12 bits per heavy atom. The summed E-state index contributed by atoms with van der Waals surface area (Å²) in [5, 5.41) is 6.72. The largest absolute Gasteiger partial charge is 0.454 e. The number of thiophene rings is 1. The standard InChI is InChI=1S/C20H22ClN3O6S2/c21-15-7-6-14(32(28,29)24-8-2-1-3-9-24)11-16(15)23-18(25)13-30-19(26)12-22-20(27)17-5-4-10-31-17/h4-7,10-11H,1-3,8-9,12-13H2,(H,22,27)(H,23,25). The summed E-state index contributed by atoms with van der Waals surface area (Å²) in [5.41, 5.74) is 0.0943. The highest BCUT2D eigenvalue weighted by Crippen LogP contribution is 2.28. The molecule has 2 amide bonds. The van der Waals surface area contributed by atoms with Gasteiger partial charge in [0.05, 0.1) is 20.5 Å². The lowest BCUT2D eigenvalue weighted by Gasteiger charge is -2.26. The minimum Gasteiger partial charge on any atom is -0.454 e. The van der Waals surface area contributed by atoms with E-state index in [0.29, 0.717) is 18.0 Å². The van der Waals surface area contributed by atoms with Crippen molar-refractivity contribution in [3.05, 3.63) is 45.6 Å². The first-order valence-corrected chi connectivity index (χ1v) is 12.5. The number of esters is 1. The zero-order valence-electron chi connectivity index (χ0n) is 17.0. The van der Waals surface area contributed by atoms with Crippen LogP contribution in [0.15, 0.2) is 40.6 Å². The molecule has 1 fully saturated rings. The number of amides is 2. The van der Waals surface area contributed by atoms with Crippen LogP contribution in [-0.2, 0) is 24.3 Å². The normalized spacial score (nSPS) is 14.5. The van der Waals surface area contributed by atoms with E-state index in [1.807, 2.05) is 0 Å². The van der Waals surface area contributed by atoms with E-state index in [1.54, 1.807) is 17.5 Å². The van der Waals surface area contributed by atoms with Gasteiger partial charge in [-0.15, -0.1) is 11.3 Å². The van der Waals surface area contributed by atoms with E-state index < -0.39 is 41.0 Å². The lowest BCUT2D eigenvalue weighted by atomic mass is 10.2. The second kappa shape index (κ2) is 10.9. The number of carbonyl (C=O) groups excluding carboxylic acids is 3. The van der Waals surface area contributed by atoms with Crippen LogP contribution in [0.1, 0.15) is 28.9 Å². The SMILES string of the molecule is O=C(COC(=O)CNC(=O)c1cccs1)Nc1cc(S(=O)(=O)N2CCCCC2)ccc1Cl. The van der Waals surface area contributed by atoms with E-state index in [1.165, 1.54) is 33.8 Å². The number of nitrogens with one attached hydrogen (secondary N) is 2. The third-order valence-corrected chi connectivity index (χ3v) is 7.76. The average molecular weight is 500 g/mol. The van der Waals surface area contributed by atoms with E-state index in [-0.39, 0.29) is 15.6 Å². The molecule has 2 aromatic rings. The Morgan fingerprint density at radius 3 is 2.56 bits per heavy atom. The van der Waals surface area contributed by atoms with Crippen LogP contribution in [0.25, 0.3) is 0 Å². The number of benzene rings is 1. The fourth-order valence-corrected chi connectivity index (χ4v) is 5.39. The van der Waals surface area contributed by atoms with Crippen molar-refractivity contribution >= 4 is 56.4 Å². The predicted molar refractivity (Wildman–Crippen MR) is 120 cm³/mol. The number of anilines is 1. The quantitative estimate of drug-likeness (QED) is 0.538. The number of ether oxygens (including phenoxy) is 1. The van der Waals surface area contributed by atoms with Gasteiger partial charge in [0.15, 0.2) is 6.61 Å². The molecule has 1 aliphatic heterocycles. The summed E-state index contributed by atoms with van der Waals surface area (Å²) in [6, 6.07) is 7.38. The summed E-state index contributed by atoms with van der Waals surface area (Å²) in [4.78, 5) is 36.2. The molecular formula is C20H22ClN3O6S2. The van der Waals surface area contributed by atoms with E-state index in [4.69, 9.17) is 16.3 Å². The number of hydrogen-bond acceptors (Lipinski definition) is 7. The van der Waals surface area contributed by atoms with E-state index >= 15 is 0 Å². The van der Waals surface area contributed by atoms with Crippen molar-refractivity contribution in [3.8, 4) is 0 Å². The van der Waals surface area contributed by atoms with Gasteiger partial charge in [0.25, 0.3) is 11.8 Å². The predicted octanol–water partition coefficient (Wildman–Crippen LogP) is 2.49. The van der Waals surface area contributed by atoms with Crippen LogP contribution in [0.5, 0.6) is 0 Å². The Morgan fingerprint density at radius 2 is 1.88 bits per heavy atom. The summed E-state index contributed by atoms with van der Waals surface area (Å²) < 4.78 is 31.9. The summed E-state index contributed by atoms with van der Waals surface area (Å²) in [5.74, 6) is -1.91. The molecular weight excluding hydrogens is 478 g/mol. The lowest BCUT2D eigenvalue weighted by Crippen LogP contribution is -2.35. The molecule has 1 aromatic heterocycles. The second-order valence-corrected chi connectivity index (χ2v) is 10.3. The minimum atomic E-state index is -3.70. The van der Waals surface area contributed by atoms with Gasteiger partial charge in [0, 0.05) is 13.1 Å². The fraction of sp³-hybridized carbons (Fsp3) is 0.350. The molecule has 0 radical (unpaired) electrons. The molecule has 3 rings (SSSR count). The van der Waals surface area contributed by atoms with Gasteiger partial charge >= 0.3 is 5.97 Å². The maximum absolute atomic E-state index is 12.8. The van der Waals surface area contributed by atoms with Crippen molar-refractivity contribution in [1.29, 1.82) is 0 Å². The van der Waals surface area contributed by atoms with Crippen molar-refractivity contribution in [2.45, 2.75) is 24.2 Å². The number of sulfonamides is 1. The van der Waals surface area contributed by atoms with Crippen molar-refractivity contribution in [2.75, 3.05) is 31.6 Å². The van der Waals surface area contributed by atoms with Gasteiger partial charge in [0.1, 0.15) is 6.54 Å². The van der Waals surface area contributed by atoms with Crippen LogP contribution in [0.2, 0.25) is 5.02 Å². The Balaban J connectivity index is 1.53. The number of hydrogen-bond donors (Lipinski definition) is 2. The highest BCUT2D eigenvalue weighted by molar-refractivity contribution is 7.89. The Hall–Kier alpha value is -2.47. The summed E-state index contributed by atoms with van der Waals surface area (Å²) in [7, 11) is -3.70. The van der Waals surface area contributed by atoms with Crippen molar-refractivity contribution < 1.29 is 27.5 Å². The maximum atomic E-state index is 12.8. The van der Waals surface area contributed by atoms with Crippen molar-refractivity contribution in [1.82, 2.24) is 9.62 Å². The monoisotopic (exact) mass is 499 g/mol. The van der Waals surface area contributed by atoms with Crippen LogP contribution < -0.4 is 10.6 Å². The average Bonchev–Trinajstić information content (AvgIpc) is 3.33. The molecule has 1 aromatic carbocycles. The topological polar surface area (TPSA) is 122 Å².